The van der Waals surface area contributed by atoms with E-state index in [0.29, 0.717) is 6.04 Å². The van der Waals surface area contributed by atoms with Gasteiger partial charge < -0.3 is 9.80 Å². The number of likely N-dealkylation sites (tertiary alicyclic amines) is 1. The SMILES string of the molecule is Cc1ccc(C(=O)N2CC(N(C)c3ccccc3C)C2)cc1. The molecular weight excluding hydrogens is 272 g/mol. The van der Waals surface area contributed by atoms with E-state index >= 15 is 0 Å². The molecule has 2 aromatic carbocycles. The van der Waals surface area contributed by atoms with Crippen molar-refractivity contribution >= 4 is 11.6 Å². The molecule has 1 aliphatic heterocycles. The van der Waals surface area contributed by atoms with Crippen LogP contribution in [0.2, 0.25) is 0 Å². The molecule has 0 spiro atoms. The van der Waals surface area contributed by atoms with E-state index in [9.17, 15) is 4.79 Å². The number of nitrogens with zero attached hydrogens (tertiary/aromatic N) is 2. The van der Waals surface area contributed by atoms with Crippen LogP contribution in [0, 0.1) is 13.8 Å². The Hall–Kier alpha value is -2.29. The summed E-state index contributed by atoms with van der Waals surface area (Å²) in [6.07, 6.45) is 0. The lowest BCUT2D eigenvalue weighted by Crippen LogP contribution is -2.60. The van der Waals surface area contributed by atoms with Gasteiger partial charge in [0, 0.05) is 31.4 Å². The summed E-state index contributed by atoms with van der Waals surface area (Å²) in [6, 6.07) is 16.6. The van der Waals surface area contributed by atoms with E-state index in [4.69, 9.17) is 0 Å². The van der Waals surface area contributed by atoms with E-state index in [-0.39, 0.29) is 5.91 Å². The van der Waals surface area contributed by atoms with Crippen molar-refractivity contribution in [1.82, 2.24) is 4.90 Å². The Balaban J connectivity index is 1.63. The molecule has 0 aliphatic carbocycles. The van der Waals surface area contributed by atoms with Gasteiger partial charge in [-0.25, -0.2) is 0 Å². The first-order valence-corrected chi connectivity index (χ1v) is 7.70. The summed E-state index contributed by atoms with van der Waals surface area (Å²) in [5, 5.41) is 0. The van der Waals surface area contributed by atoms with Crippen LogP contribution in [0.4, 0.5) is 5.69 Å². The van der Waals surface area contributed by atoms with Crippen molar-refractivity contribution in [2.24, 2.45) is 0 Å². The van der Waals surface area contributed by atoms with Gasteiger partial charge in [0.25, 0.3) is 5.91 Å². The first kappa shape index (κ1) is 14.6. The second-order valence-electron chi connectivity index (χ2n) is 6.13. The summed E-state index contributed by atoms with van der Waals surface area (Å²) in [4.78, 5) is 16.6. The Morgan fingerprint density at radius 2 is 1.68 bits per heavy atom. The normalized spacial score (nSPS) is 14.6. The zero-order chi connectivity index (χ0) is 15.7. The summed E-state index contributed by atoms with van der Waals surface area (Å²) in [5.41, 5.74) is 4.48. The van der Waals surface area contributed by atoms with E-state index in [1.807, 2.05) is 36.1 Å². The topological polar surface area (TPSA) is 23.6 Å². The third-order valence-electron chi connectivity index (χ3n) is 4.49. The fourth-order valence-electron chi connectivity index (χ4n) is 2.90. The van der Waals surface area contributed by atoms with Crippen molar-refractivity contribution in [3.05, 3.63) is 65.2 Å². The first-order valence-electron chi connectivity index (χ1n) is 7.70. The summed E-state index contributed by atoms with van der Waals surface area (Å²) in [7, 11) is 2.11. The number of carbonyl (C=O) groups excluding carboxylic acids is 1. The third kappa shape index (κ3) is 2.71. The summed E-state index contributed by atoms with van der Waals surface area (Å²) >= 11 is 0. The van der Waals surface area contributed by atoms with Crippen LogP contribution in [0.3, 0.4) is 0 Å². The molecule has 3 rings (SSSR count). The first-order chi connectivity index (χ1) is 10.6. The zero-order valence-corrected chi connectivity index (χ0v) is 13.4. The lowest BCUT2D eigenvalue weighted by Gasteiger charge is -2.45. The molecule has 1 saturated heterocycles. The van der Waals surface area contributed by atoms with Crippen LogP contribution in [0.5, 0.6) is 0 Å². The molecule has 3 heteroatoms. The van der Waals surface area contributed by atoms with Crippen LogP contribution in [0.25, 0.3) is 0 Å². The van der Waals surface area contributed by atoms with Gasteiger partial charge in [-0.1, -0.05) is 35.9 Å². The predicted octanol–water partition coefficient (Wildman–Crippen LogP) is 3.26. The molecule has 0 atom stereocenters. The fourth-order valence-corrected chi connectivity index (χ4v) is 2.90. The molecule has 1 amide bonds. The molecule has 114 valence electrons. The Bertz CT molecular complexity index is 672. The van der Waals surface area contributed by atoms with Gasteiger partial charge in [0.1, 0.15) is 0 Å². The van der Waals surface area contributed by atoms with Crippen LogP contribution in [-0.2, 0) is 0 Å². The molecule has 3 nitrogen and oxygen atoms in total. The van der Waals surface area contributed by atoms with Gasteiger partial charge in [0.2, 0.25) is 0 Å². The molecule has 1 aliphatic rings. The highest BCUT2D eigenvalue weighted by molar-refractivity contribution is 5.95. The van der Waals surface area contributed by atoms with Gasteiger partial charge in [-0.15, -0.1) is 0 Å². The molecule has 1 heterocycles. The maximum absolute atomic E-state index is 12.4. The number of amides is 1. The summed E-state index contributed by atoms with van der Waals surface area (Å²) < 4.78 is 0. The van der Waals surface area contributed by atoms with E-state index in [0.717, 1.165) is 18.7 Å². The maximum Gasteiger partial charge on any atom is 0.253 e. The lowest BCUT2D eigenvalue weighted by atomic mass is 10.0. The number of rotatable bonds is 3. The minimum Gasteiger partial charge on any atom is -0.368 e. The van der Waals surface area contributed by atoms with Crippen LogP contribution >= 0.6 is 0 Å². The van der Waals surface area contributed by atoms with E-state index < -0.39 is 0 Å². The van der Waals surface area contributed by atoms with Crippen LogP contribution < -0.4 is 4.90 Å². The Morgan fingerprint density at radius 1 is 1.05 bits per heavy atom. The van der Waals surface area contributed by atoms with Gasteiger partial charge in [-0.3, -0.25) is 4.79 Å². The van der Waals surface area contributed by atoms with Gasteiger partial charge in [-0.2, -0.15) is 0 Å². The van der Waals surface area contributed by atoms with Crippen molar-refractivity contribution in [1.29, 1.82) is 0 Å². The van der Waals surface area contributed by atoms with Gasteiger partial charge in [-0.05, 0) is 37.6 Å². The smallest absolute Gasteiger partial charge is 0.253 e. The third-order valence-corrected chi connectivity index (χ3v) is 4.49. The average Bonchev–Trinajstić information content (AvgIpc) is 2.46. The monoisotopic (exact) mass is 294 g/mol. The number of hydrogen-bond acceptors (Lipinski definition) is 2. The quantitative estimate of drug-likeness (QED) is 0.867. The molecular formula is C19H22N2O. The standard InChI is InChI=1S/C19H22N2O/c1-14-8-10-16(11-9-14)19(22)21-12-17(13-21)20(3)18-7-5-4-6-15(18)2/h4-11,17H,12-13H2,1-3H3. The number of aryl methyl sites for hydroxylation is 2. The molecule has 0 unspecified atom stereocenters. The van der Waals surface area contributed by atoms with Crippen molar-refractivity contribution < 1.29 is 4.79 Å². The van der Waals surface area contributed by atoms with Gasteiger partial charge >= 0.3 is 0 Å². The van der Waals surface area contributed by atoms with Crippen molar-refractivity contribution in [3.63, 3.8) is 0 Å². The highest BCUT2D eigenvalue weighted by Gasteiger charge is 2.34. The molecule has 0 radical (unpaired) electrons. The highest BCUT2D eigenvalue weighted by atomic mass is 16.2. The maximum atomic E-state index is 12.4. The lowest BCUT2D eigenvalue weighted by molar-refractivity contribution is 0.0604. The minimum absolute atomic E-state index is 0.134. The van der Waals surface area contributed by atoms with E-state index in [1.165, 1.54) is 16.8 Å². The largest absolute Gasteiger partial charge is 0.368 e. The van der Waals surface area contributed by atoms with Crippen LogP contribution in [0.1, 0.15) is 21.5 Å². The fraction of sp³-hybridized carbons (Fsp3) is 0.316. The number of para-hydroxylation sites is 1. The van der Waals surface area contributed by atoms with Crippen molar-refractivity contribution in [2.45, 2.75) is 19.9 Å². The molecule has 0 bridgehead atoms. The van der Waals surface area contributed by atoms with Crippen LogP contribution in [0.15, 0.2) is 48.5 Å². The zero-order valence-electron chi connectivity index (χ0n) is 13.4. The number of anilines is 1. The molecule has 1 fully saturated rings. The van der Waals surface area contributed by atoms with Crippen molar-refractivity contribution in [3.8, 4) is 0 Å². The predicted molar refractivity (Wildman–Crippen MR) is 90.5 cm³/mol. The van der Waals surface area contributed by atoms with E-state index in [2.05, 4.69) is 43.1 Å². The van der Waals surface area contributed by atoms with Gasteiger partial charge in [0.15, 0.2) is 0 Å². The number of carbonyl (C=O) groups is 1. The Morgan fingerprint density at radius 3 is 2.32 bits per heavy atom. The van der Waals surface area contributed by atoms with Gasteiger partial charge in [0.05, 0.1) is 6.04 Å². The Labute approximate surface area is 132 Å². The van der Waals surface area contributed by atoms with Crippen LogP contribution in [-0.4, -0.2) is 37.0 Å². The van der Waals surface area contributed by atoms with Crippen molar-refractivity contribution in [2.75, 3.05) is 25.0 Å². The molecule has 0 saturated carbocycles. The number of hydrogen-bond donors (Lipinski definition) is 0. The average molecular weight is 294 g/mol. The minimum atomic E-state index is 0.134. The summed E-state index contributed by atoms with van der Waals surface area (Å²) in [6.45, 7) is 5.74. The Kier molecular flexibility index (Phi) is 3.88. The highest BCUT2D eigenvalue weighted by Crippen LogP contribution is 2.25. The second-order valence-corrected chi connectivity index (χ2v) is 6.13. The number of likely N-dealkylation sites (N-methyl/N-ethyl adjacent to an activating group) is 1. The molecule has 0 N–H and O–H groups in total. The molecule has 0 aromatic heterocycles. The summed E-state index contributed by atoms with van der Waals surface area (Å²) in [5.74, 6) is 0.134. The molecule has 2 aromatic rings. The van der Waals surface area contributed by atoms with E-state index in [1.54, 1.807) is 0 Å². The molecule has 22 heavy (non-hydrogen) atoms. The second kappa shape index (κ2) is 5.84. The number of benzene rings is 2.